The number of halogens is 1. The third kappa shape index (κ3) is 2.95. The van der Waals surface area contributed by atoms with E-state index in [1.807, 2.05) is 6.07 Å². The number of nitrogens with one attached hydrogen (secondary N) is 3. The molecule has 2 aromatic rings. The Morgan fingerprint density at radius 2 is 1.77 bits per heavy atom. The van der Waals surface area contributed by atoms with Crippen molar-refractivity contribution in [2.24, 2.45) is 0 Å². The molecule has 0 aliphatic carbocycles. The monoisotopic (exact) mass is 297 g/mol. The number of amides is 2. The molecule has 1 aliphatic rings. The lowest BCUT2D eigenvalue weighted by molar-refractivity contribution is -0.114. The number of anilines is 3. The Balaban J connectivity index is 1.77. The number of fused-ring (bicyclic) bond motifs is 1. The maximum Gasteiger partial charge on any atom is 0.272 e. The molecule has 0 saturated carbocycles. The number of carbonyl (C=O) groups excluding carboxylic acids is 2. The van der Waals surface area contributed by atoms with Crippen molar-refractivity contribution >= 4 is 28.9 Å². The third-order valence-electron chi connectivity index (χ3n) is 3.06. The van der Waals surface area contributed by atoms with E-state index in [9.17, 15) is 14.0 Å². The van der Waals surface area contributed by atoms with Crippen LogP contribution in [0.2, 0.25) is 0 Å². The lowest BCUT2D eigenvalue weighted by Gasteiger charge is -2.20. The lowest BCUT2D eigenvalue weighted by atomic mass is 10.2. The summed E-state index contributed by atoms with van der Waals surface area (Å²) in [6.07, 6.45) is 1.14. The van der Waals surface area contributed by atoms with Gasteiger partial charge >= 0.3 is 0 Å². The van der Waals surface area contributed by atoms with Crippen LogP contribution in [0.25, 0.3) is 0 Å². The van der Waals surface area contributed by atoms with Gasteiger partial charge in [0.15, 0.2) is 0 Å². The summed E-state index contributed by atoms with van der Waals surface area (Å²) in [5, 5.41) is 8.07. The SMILES string of the molecule is O=C(/C=C1\Nc2ccccc2NC1=O)Nc1cccc(F)c1. The molecule has 0 fully saturated rings. The normalized spacial score (nSPS) is 14.8. The zero-order valence-electron chi connectivity index (χ0n) is 11.4. The molecule has 0 bridgehead atoms. The van der Waals surface area contributed by atoms with Crippen molar-refractivity contribution in [1.29, 1.82) is 0 Å². The summed E-state index contributed by atoms with van der Waals surface area (Å²) in [6.45, 7) is 0. The highest BCUT2D eigenvalue weighted by molar-refractivity contribution is 6.15. The van der Waals surface area contributed by atoms with E-state index in [-0.39, 0.29) is 5.70 Å². The summed E-state index contributed by atoms with van der Waals surface area (Å²) >= 11 is 0. The number of hydrogen-bond donors (Lipinski definition) is 3. The molecule has 3 rings (SSSR count). The fourth-order valence-electron chi connectivity index (χ4n) is 2.07. The predicted molar refractivity (Wildman–Crippen MR) is 81.8 cm³/mol. The molecule has 0 atom stereocenters. The van der Waals surface area contributed by atoms with Crippen molar-refractivity contribution in [2.75, 3.05) is 16.0 Å². The smallest absolute Gasteiger partial charge is 0.272 e. The van der Waals surface area contributed by atoms with E-state index in [0.29, 0.717) is 17.1 Å². The Kier molecular flexibility index (Phi) is 3.57. The summed E-state index contributed by atoms with van der Waals surface area (Å²) in [5.74, 6) is -1.39. The summed E-state index contributed by atoms with van der Waals surface area (Å²) in [6, 6.07) is 12.7. The second-order valence-corrected chi connectivity index (χ2v) is 4.68. The van der Waals surface area contributed by atoms with Crippen LogP contribution in [-0.4, -0.2) is 11.8 Å². The first-order valence-electron chi connectivity index (χ1n) is 6.57. The Morgan fingerprint density at radius 3 is 2.50 bits per heavy atom. The molecule has 0 aromatic heterocycles. The third-order valence-corrected chi connectivity index (χ3v) is 3.06. The highest BCUT2D eigenvalue weighted by Gasteiger charge is 2.19. The molecular formula is C16H12FN3O2. The summed E-state index contributed by atoms with van der Waals surface area (Å²) in [4.78, 5) is 23.8. The van der Waals surface area contributed by atoms with Crippen LogP contribution >= 0.6 is 0 Å². The van der Waals surface area contributed by atoms with Gasteiger partial charge < -0.3 is 16.0 Å². The molecule has 1 heterocycles. The first kappa shape index (κ1) is 13.8. The van der Waals surface area contributed by atoms with Gasteiger partial charge in [-0.1, -0.05) is 18.2 Å². The van der Waals surface area contributed by atoms with Gasteiger partial charge in [-0.25, -0.2) is 4.39 Å². The van der Waals surface area contributed by atoms with Crippen molar-refractivity contribution < 1.29 is 14.0 Å². The van der Waals surface area contributed by atoms with Gasteiger partial charge in [-0.15, -0.1) is 0 Å². The van der Waals surface area contributed by atoms with Crippen LogP contribution in [0.5, 0.6) is 0 Å². The van der Waals surface area contributed by atoms with E-state index in [1.54, 1.807) is 24.3 Å². The second-order valence-electron chi connectivity index (χ2n) is 4.68. The molecule has 110 valence electrons. The van der Waals surface area contributed by atoms with Gasteiger partial charge in [0.2, 0.25) is 0 Å². The lowest BCUT2D eigenvalue weighted by Crippen LogP contribution is -2.27. The van der Waals surface area contributed by atoms with Gasteiger partial charge in [0.05, 0.1) is 11.4 Å². The van der Waals surface area contributed by atoms with E-state index in [0.717, 1.165) is 6.08 Å². The van der Waals surface area contributed by atoms with Crippen LogP contribution in [0.4, 0.5) is 21.5 Å². The van der Waals surface area contributed by atoms with Crippen molar-refractivity contribution in [3.8, 4) is 0 Å². The van der Waals surface area contributed by atoms with Crippen molar-refractivity contribution in [3.63, 3.8) is 0 Å². The van der Waals surface area contributed by atoms with Gasteiger partial charge in [-0.2, -0.15) is 0 Å². The average molecular weight is 297 g/mol. The first-order valence-corrected chi connectivity index (χ1v) is 6.57. The van der Waals surface area contributed by atoms with Gasteiger partial charge in [0, 0.05) is 11.8 Å². The largest absolute Gasteiger partial charge is 0.349 e. The maximum absolute atomic E-state index is 13.1. The minimum absolute atomic E-state index is 0.118. The molecule has 1 aliphatic heterocycles. The molecule has 0 spiro atoms. The molecular weight excluding hydrogens is 285 g/mol. The van der Waals surface area contributed by atoms with Crippen LogP contribution in [-0.2, 0) is 9.59 Å². The molecule has 3 N–H and O–H groups in total. The minimum Gasteiger partial charge on any atom is -0.349 e. The van der Waals surface area contributed by atoms with Crippen molar-refractivity contribution in [1.82, 2.24) is 0 Å². The molecule has 0 saturated heterocycles. The zero-order chi connectivity index (χ0) is 15.5. The maximum atomic E-state index is 13.1. The van der Waals surface area contributed by atoms with Crippen LogP contribution < -0.4 is 16.0 Å². The molecule has 2 amide bonds. The Bertz CT molecular complexity index is 786. The number of benzene rings is 2. The van der Waals surface area contributed by atoms with E-state index in [4.69, 9.17) is 0 Å². The fourth-order valence-corrected chi connectivity index (χ4v) is 2.07. The van der Waals surface area contributed by atoms with E-state index >= 15 is 0 Å². The highest BCUT2D eigenvalue weighted by Crippen LogP contribution is 2.27. The van der Waals surface area contributed by atoms with Crippen LogP contribution in [0.1, 0.15) is 0 Å². The number of hydrogen-bond acceptors (Lipinski definition) is 3. The number of carbonyl (C=O) groups is 2. The zero-order valence-corrected chi connectivity index (χ0v) is 11.4. The van der Waals surface area contributed by atoms with Crippen molar-refractivity contribution in [2.45, 2.75) is 0 Å². The quantitative estimate of drug-likeness (QED) is 0.746. The van der Waals surface area contributed by atoms with Gasteiger partial charge in [-0.3, -0.25) is 9.59 Å². The molecule has 0 unspecified atom stereocenters. The van der Waals surface area contributed by atoms with Gasteiger partial charge in [0.25, 0.3) is 11.8 Å². The van der Waals surface area contributed by atoms with Gasteiger partial charge in [0.1, 0.15) is 11.5 Å². The number of rotatable bonds is 2. The van der Waals surface area contributed by atoms with E-state index < -0.39 is 17.6 Å². The Labute approximate surface area is 125 Å². The summed E-state index contributed by atoms with van der Waals surface area (Å²) in [7, 11) is 0. The highest BCUT2D eigenvalue weighted by atomic mass is 19.1. The van der Waals surface area contributed by atoms with Crippen LogP contribution in [0.3, 0.4) is 0 Å². The second kappa shape index (κ2) is 5.69. The van der Waals surface area contributed by atoms with E-state index in [1.165, 1.54) is 18.2 Å². The summed E-state index contributed by atoms with van der Waals surface area (Å²) in [5.41, 5.74) is 1.79. The minimum atomic E-state index is -0.525. The molecule has 22 heavy (non-hydrogen) atoms. The fraction of sp³-hybridized carbons (Fsp3) is 0. The van der Waals surface area contributed by atoms with Gasteiger partial charge in [-0.05, 0) is 30.3 Å². The average Bonchev–Trinajstić information content (AvgIpc) is 2.48. The Morgan fingerprint density at radius 1 is 1.05 bits per heavy atom. The standard InChI is InChI=1S/C16H12FN3O2/c17-10-4-3-5-11(8-10)18-15(21)9-14-16(22)20-13-7-2-1-6-12(13)19-14/h1-9,19H,(H,18,21)(H,20,22)/b14-9-. The van der Waals surface area contributed by atoms with Crippen molar-refractivity contribution in [3.05, 3.63) is 66.1 Å². The molecule has 2 aromatic carbocycles. The topological polar surface area (TPSA) is 70.2 Å². The molecule has 0 radical (unpaired) electrons. The molecule has 6 heteroatoms. The summed E-state index contributed by atoms with van der Waals surface area (Å²) < 4.78 is 13.1. The van der Waals surface area contributed by atoms with Crippen LogP contribution in [0.15, 0.2) is 60.3 Å². The van der Waals surface area contributed by atoms with E-state index in [2.05, 4.69) is 16.0 Å². The first-order chi connectivity index (χ1) is 10.6. The number of para-hydroxylation sites is 2. The Hall–Kier alpha value is -3.15. The van der Waals surface area contributed by atoms with Crippen LogP contribution in [0, 0.1) is 5.82 Å². The predicted octanol–water partition coefficient (Wildman–Crippen LogP) is 2.71. The molecule has 5 nitrogen and oxygen atoms in total.